The summed E-state index contributed by atoms with van der Waals surface area (Å²) in [5, 5.41) is 4.01. The number of halogens is 1. The van der Waals surface area contributed by atoms with Gasteiger partial charge in [0.1, 0.15) is 0 Å². The lowest BCUT2D eigenvalue weighted by molar-refractivity contribution is 0.237. The zero-order valence-corrected chi connectivity index (χ0v) is 13.9. The zero-order chi connectivity index (χ0) is 14.8. The summed E-state index contributed by atoms with van der Waals surface area (Å²) in [6.07, 6.45) is 2.39. The van der Waals surface area contributed by atoms with Gasteiger partial charge in [-0.15, -0.1) is 12.4 Å². The highest BCUT2D eigenvalue weighted by molar-refractivity contribution is 5.85. The van der Waals surface area contributed by atoms with Crippen LogP contribution in [0.5, 0.6) is 0 Å². The topological polar surface area (TPSA) is 68.2 Å². The number of likely N-dealkylation sites (tertiary alicyclic amines) is 1. The molecular weight excluding hydrogens is 300 g/mol. The van der Waals surface area contributed by atoms with E-state index in [1.54, 1.807) is 0 Å². The number of rotatable bonds is 4. The molecule has 0 amide bonds. The molecule has 0 aliphatic carbocycles. The second kappa shape index (κ2) is 7.22. The molecule has 2 heterocycles. The molecule has 0 bridgehead atoms. The van der Waals surface area contributed by atoms with Crippen molar-refractivity contribution in [3.8, 4) is 0 Å². The van der Waals surface area contributed by atoms with Crippen molar-refractivity contribution in [2.24, 2.45) is 5.73 Å². The van der Waals surface area contributed by atoms with Gasteiger partial charge in [0.2, 0.25) is 5.89 Å². The van der Waals surface area contributed by atoms with Gasteiger partial charge in [0.15, 0.2) is 5.82 Å². The molecule has 2 N–H and O–H groups in total. The molecule has 22 heavy (non-hydrogen) atoms. The van der Waals surface area contributed by atoms with Crippen LogP contribution in [-0.4, -0.2) is 21.6 Å². The van der Waals surface area contributed by atoms with Crippen molar-refractivity contribution in [2.75, 3.05) is 6.54 Å². The van der Waals surface area contributed by atoms with E-state index in [2.05, 4.69) is 47.1 Å². The first kappa shape index (κ1) is 16.9. The molecular formula is C16H23ClN4O. The first-order valence-electron chi connectivity index (χ1n) is 7.50. The summed E-state index contributed by atoms with van der Waals surface area (Å²) < 4.78 is 5.10. The van der Waals surface area contributed by atoms with Crippen molar-refractivity contribution >= 4 is 12.4 Å². The summed E-state index contributed by atoms with van der Waals surface area (Å²) in [5.74, 6) is 1.24. The Hall–Kier alpha value is -1.43. The molecule has 1 unspecified atom stereocenters. The second-order valence-corrected chi connectivity index (χ2v) is 5.73. The third kappa shape index (κ3) is 3.32. The van der Waals surface area contributed by atoms with Crippen molar-refractivity contribution in [3.05, 3.63) is 46.6 Å². The maximum Gasteiger partial charge on any atom is 0.240 e. The van der Waals surface area contributed by atoms with Gasteiger partial charge in [-0.05, 0) is 49.9 Å². The monoisotopic (exact) mass is 322 g/mol. The van der Waals surface area contributed by atoms with E-state index in [9.17, 15) is 0 Å². The minimum atomic E-state index is 0. The number of hydrogen-bond donors (Lipinski definition) is 1. The van der Waals surface area contributed by atoms with Crippen LogP contribution >= 0.6 is 12.4 Å². The standard InChI is InChI=1S/C16H22N4O.ClH/c1-11-5-3-6-13(12(11)2)14-7-4-8-20(14)10-15-18-16(9-17)21-19-15;/h3,5-6,14H,4,7-10,17H2,1-2H3;1H. The van der Waals surface area contributed by atoms with Crippen LogP contribution in [0.1, 0.15) is 47.3 Å². The lowest BCUT2D eigenvalue weighted by Crippen LogP contribution is -2.24. The highest BCUT2D eigenvalue weighted by atomic mass is 35.5. The quantitative estimate of drug-likeness (QED) is 0.937. The minimum absolute atomic E-state index is 0. The van der Waals surface area contributed by atoms with Gasteiger partial charge in [-0.1, -0.05) is 23.4 Å². The molecule has 6 heteroatoms. The van der Waals surface area contributed by atoms with Crippen LogP contribution in [0, 0.1) is 13.8 Å². The summed E-state index contributed by atoms with van der Waals surface area (Å²) >= 11 is 0. The predicted octanol–water partition coefficient (Wildman–Crippen LogP) is 2.90. The van der Waals surface area contributed by atoms with E-state index in [0.29, 0.717) is 18.5 Å². The first-order chi connectivity index (χ1) is 10.2. The molecule has 5 nitrogen and oxygen atoms in total. The van der Waals surface area contributed by atoms with Gasteiger partial charge in [-0.2, -0.15) is 4.98 Å². The average molecular weight is 323 g/mol. The van der Waals surface area contributed by atoms with Crippen molar-refractivity contribution in [3.63, 3.8) is 0 Å². The molecule has 0 saturated carbocycles. The summed E-state index contributed by atoms with van der Waals surface area (Å²) in [4.78, 5) is 6.75. The van der Waals surface area contributed by atoms with Gasteiger partial charge in [0, 0.05) is 6.04 Å². The maximum atomic E-state index is 5.52. The highest BCUT2D eigenvalue weighted by Crippen LogP contribution is 2.35. The SMILES string of the molecule is Cc1cccc(C2CCCN2Cc2noc(CN)n2)c1C.Cl. The Morgan fingerprint density at radius 1 is 1.36 bits per heavy atom. The lowest BCUT2D eigenvalue weighted by atomic mass is 9.96. The van der Waals surface area contributed by atoms with E-state index in [4.69, 9.17) is 10.3 Å². The molecule has 1 atom stereocenters. The number of hydrogen-bond acceptors (Lipinski definition) is 5. The van der Waals surface area contributed by atoms with E-state index in [1.165, 1.54) is 29.5 Å². The molecule has 1 aliphatic rings. The number of aromatic nitrogens is 2. The van der Waals surface area contributed by atoms with Gasteiger partial charge in [0.25, 0.3) is 0 Å². The van der Waals surface area contributed by atoms with Crippen LogP contribution in [0.3, 0.4) is 0 Å². The smallest absolute Gasteiger partial charge is 0.240 e. The summed E-state index contributed by atoms with van der Waals surface area (Å²) in [7, 11) is 0. The average Bonchev–Trinajstić information content (AvgIpc) is 3.12. The third-order valence-electron chi connectivity index (χ3n) is 4.40. The molecule has 120 valence electrons. The van der Waals surface area contributed by atoms with Crippen LogP contribution in [0.4, 0.5) is 0 Å². The van der Waals surface area contributed by atoms with Crippen molar-refractivity contribution < 1.29 is 4.52 Å². The van der Waals surface area contributed by atoms with Crippen LogP contribution in [0.2, 0.25) is 0 Å². The number of nitrogens with two attached hydrogens (primary N) is 1. The van der Waals surface area contributed by atoms with Crippen molar-refractivity contribution in [2.45, 2.75) is 45.8 Å². The van der Waals surface area contributed by atoms with Crippen molar-refractivity contribution in [1.82, 2.24) is 15.0 Å². The van der Waals surface area contributed by atoms with Crippen LogP contribution in [0.25, 0.3) is 0 Å². The van der Waals surface area contributed by atoms with E-state index >= 15 is 0 Å². The largest absolute Gasteiger partial charge is 0.338 e. The third-order valence-corrected chi connectivity index (χ3v) is 4.40. The Bertz CT molecular complexity index is 628. The summed E-state index contributed by atoms with van der Waals surface area (Å²) in [6.45, 7) is 6.48. The first-order valence-corrected chi connectivity index (χ1v) is 7.50. The predicted molar refractivity (Wildman–Crippen MR) is 87.7 cm³/mol. The van der Waals surface area contributed by atoms with Gasteiger partial charge < -0.3 is 10.3 Å². The van der Waals surface area contributed by atoms with Gasteiger partial charge in [-0.3, -0.25) is 4.90 Å². The number of aryl methyl sites for hydroxylation is 1. The highest BCUT2D eigenvalue weighted by Gasteiger charge is 2.28. The summed E-state index contributed by atoms with van der Waals surface area (Å²) in [5.41, 5.74) is 9.69. The molecule has 0 radical (unpaired) electrons. The fourth-order valence-corrected chi connectivity index (χ4v) is 3.12. The molecule has 1 fully saturated rings. The molecule has 1 aromatic heterocycles. The molecule has 3 rings (SSSR count). The van der Waals surface area contributed by atoms with Crippen LogP contribution in [0.15, 0.2) is 22.7 Å². The fraction of sp³-hybridized carbons (Fsp3) is 0.500. The van der Waals surface area contributed by atoms with E-state index in [0.717, 1.165) is 18.9 Å². The lowest BCUT2D eigenvalue weighted by Gasteiger charge is -2.25. The Morgan fingerprint density at radius 2 is 2.18 bits per heavy atom. The fourth-order valence-electron chi connectivity index (χ4n) is 3.12. The summed E-state index contributed by atoms with van der Waals surface area (Å²) in [6, 6.07) is 7.01. The molecule has 0 spiro atoms. The van der Waals surface area contributed by atoms with Gasteiger partial charge in [-0.25, -0.2) is 0 Å². The molecule has 2 aromatic rings. The van der Waals surface area contributed by atoms with Crippen LogP contribution < -0.4 is 5.73 Å². The van der Waals surface area contributed by atoms with E-state index < -0.39 is 0 Å². The Balaban J connectivity index is 0.00000176. The molecule has 1 aromatic carbocycles. The van der Waals surface area contributed by atoms with Gasteiger partial charge >= 0.3 is 0 Å². The Morgan fingerprint density at radius 3 is 2.91 bits per heavy atom. The number of nitrogens with zero attached hydrogens (tertiary/aromatic N) is 3. The zero-order valence-electron chi connectivity index (χ0n) is 13.1. The van der Waals surface area contributed by atoms with Crippen molar-refractivity contribution in [1.29, 1.82) is 0 Å². The van der Waals surface area contributed by atoms with Gasteiger partial charge in [0.05, 0.1) is 13.1 Å². The Kier molecular flexibility index (Phi) is 5.56. The Labute approximate surface area is 137 Å². The normalized spacial score (nSPS) is 18.4. The van der Waals surface area contributed by atoms with E-state index in [1.807, 2.05) is 0 Å². The molecule has 1 aliphatic heterocycles. The minimum Gasteiger partial charge on any atom is -0.338 e. The van der Waals surface area contributed by atoms with E-state index in [-0.39, 0.29) is 12.4 Å². The van der Waals surface area contributed by atoms with Crippen LogP contribution in [-0.2, 0) is 13.1 Å². The number of benzene rings is 1. The molecule has 1 saturated heterocycles. The maximum absolute atomic E-state index is 5.52. The second-order valence-electron chi connectivity index (χ2n) is 5.73.